The number of nitrogens with zero attached hydrogens (tertiary/aromatic N) is 2. The summed E-state index contributed by atoms with van der Waals surface area (Å²) in [6.45, 7) is 6.34. The van der Waals surface area contributed by atoms with Crippen molar-refractivity contribution < 1.29 is 5.11 Å². The smallest absolute Gasteiger partial charge is 0.0525 e. The summed E-state index contributed by atoms with van der Waals surface area (Å²) in [5, 5.41) is 16.2. The van der Waals surface area contributed by atoms with Gasteiger partial charge in [-0.2, -0.15) is 5.10 Å². The van der Waals surface area contributed by atoms with Gasteiger partial charge >= 0.3 is 0 Å². The lowest BCUT2D eigenvalue weighted by Gasteiger charge is -2.11. The third-order valence-electron chi connectivity index (χ3n) is 2.31. The minimum atomic E-state index is 0. The zero-order valence-corrected chi connectivity index (χ0v) is 10.8. The van der Waals surface area contributed by atoms with Crippen LogP contribution in [-0.4, -0.2) is 28.0 Å². The molecule has 0 aliphatic carbocycles. The highest BCUT2D eigenvalue weighted by atomic mass is 35.5. The predicted molar refractivity (Wildman–Crippen MR) is 67.9 cm³/mol. The lowest BCUT2D eigenvalue weighted by atomic mass is 10.3. The van der Waals surface area contributed by atoms with Crippen molar-refractivity contribution in [1.82, 2.24) is 15.1 Å². The first kappa shape index (κ1) is 15.4. The highest BCUT2D eigenvalue weighted by Gasteiger charge is 2.04. The Balaban J connectivity index is 0.00000225. The van der Waals surface area contributed by atoms with Gasteiger partial charge in [0, 0.05) is 25.4 Å². The number of aliphatic hydroxyl groups excluding tert-OH is 1. The van der Waals surface area contributed by atoms with E-state index in [1.807, 2.05) is 16.9 Å². The molecule has 0 aromatic carbocycles. The number of hydrogen-bond donors (Lipinski definition) is 2. The molecular weight excluding hydrogens is 226 g/mol. The van der Waals surface area contributed by atoms with E-state index < -0.39 is 0 Å². The summed E-state index contributed by atoms with van der Waals surface area (Å²) in [6.07, 6.45) is 3.73. The molecule has 0 radical (unpaired) electrons. The molecule has 0 fully saturated rings. The van der Waals surface area contributed by atoms with Crippen LogP contribution in [0.5, 0.6) is 0 Å². The van der Waals surface area contributed by atoms with Gasteiger partial charge in [-0.05, 0) is 39.3 Å². The maximum absolute atomic E-state index is 8.62. The number of rotatable bonds is 7. The van der Waals surface area contributed by atoms with Crippen LogP contribution in [0, 0.1) is 0 Å². The minimum Gasteiger partial charge on any atom is -0.396 e. The Hall–Kier alpha value is -0.580. The van der Waals surface area contributed by atoms with Crippen LogP contribution in [0.2, 0.25) is 0 Å². The van der Waals surface area contributed by atoms with E-state index in [1.54, 1.807) is 0 Å². The molecular formula is C11H22ClN3O. The Bertz CT molecular complexity index is 276. The molecule has 2 N–H and O–H groups in total. The van der Waals surface area contributed by atoms with E-state index >= 15 is 0 Å². The maximum Gasteiger partial charge on any atom is 0.0525 e. The molecule has 1 aromatic heterocycles. The zero-order chi connectivity index (χ0) is 11.1. The second-order valence-corrected chi connectivity index (χ2v) is 3.97. The molecule has 0 saturated heterocycles. The highest BCUT2D eigenvalue weighted by Crippen LogP contribution is 2.07. The molecule has 16 heavy (non-hydrogen) atoms. The number of aromatic nitrogens is 2. The van der Waals surface area contributed by atoms with Gasteiger partial charge < -0.3 is 10.4 Å². The Labute approximate surface area is 103 Å². The van der Waals surface area contributed by atoms with Crippen molar-refractivity contribution >= 4 is 12.4 Å². The summed E-state index contributed by atoms with van der Waals surface area (Å²) in [7, 11) is 0. The Morgan fingerprint density at radius 1 is 1.44 bits per heavy atom. The lowest BCUT2D eigenvalue weighted by Crippen LogP contribution is -2.19. The Morgan fingerprint density at radius 2 is 2.19 bits per heavy atom. The predicted octanol–water partition coefficient (Wildman–Crippen LogP) is 1.75. The van der Waals surface area contributed by atoms with Crippen LogP contribution in [0.25, 0.3) is 0 Å². The van der Waals surface area contributed by atoms with E-state index in [4.69, 9.17) is 5.11 Å². The van der Waals surface area contributed by atoms with Gasteiger partial charge in [-0.1, -0.05) is 0 Å². The van der Waals surface area contributed by atoms with E-state index in [0.717, 1.165) is 25.9 Å². The SMILES string of the molecule is CC(C)n1nccc1CNCCCCO.Cl. The first-order valence-corrected chi connectivity index (χ1v) is 5.59. The molecule has 0 saturated carbocycles. The summed E-state index contributed by atoms with van der Waals surface area (Å²) < 4.78 is 2.03. The minimum absolute atomic E-state index is 0. The molecule has 0 unspecified atom stereocenters. The summed E-state index contributed by atoms with van der Waals surface area (Å²) in [4.78, 5) is 0. The monoisotopic (exact) mass is 247 g/mol. The Morgan fingerprint density at radius 3 is 2.81 bits per heavy atom. The number of hydrogen-bond acceptors (Lipinski definition) is 3. The van der Waals surface area contributed by atoms with Crippen LogP contribution in [0.1, 0.15) is 38.4 Å². The molecule has 0 aliphatic heterocycles. The fraction of sp³-hybridized carbons (Fsp3) is 0.727. The zero-order valence-electron chi connectivity index (χ0n) is 10.0. The standard InChI is InChI=1S/C11H21N3O.ClH/c1-10(2)14-11(5-7-13-14)9-12-6-3-4-8-15;/h5,7,10,12,15H,3-4,6,8-9H2,1-2H3;1H. The topological polar surface area (TPSA) is 50.1 Å². The van der Waals surface area contributed by atoms with E-state index in [-0.39, 0.29) is 19.0 Å². The maximum atomic E-state index is 8.62. The van der Waals surface area contributed by atoms with Gasteiger partial charge in [0.25, 0.3) is 0 Å². The van der Waals surface area contributed by atoms with Crippen molar-refractivity contribution in [2.75, 3.05) is 13.2 Å². The number of nitrogens with one attached hydrogen (secondary N) is 1. The lowest BCUT2D eigenvalue weighted by molar-refractivity contribution is 0.283. The van der Waals surface area contributed by atoms with Gasteiger partial charge in [0.1, 0.15) is 0 Å². The number of aliphatic hydroxyl groups is 1. The van der Waals surface area contributed by atoms with Gasteiger partial charge in [0.05, 0.1) is 5.69 Å². The van der Waals surface area contributed by atoms with Crippen LogP contribution in [0.3, 0.4) is 0 Å². The molecule has 0 atom stereocenters. The first-order valence-electron chi connectivity index (χ1n) is 5.59. The van der Waals surface area contributed by atoms with Crippen molar-refractivity contribution in [3.8, 4) is 0 Å². The second kappa shape index (κ2) is 8.56. The molecule has 94 valence electrons. The molecule has 1 aromatic rings. The molecule has 0 bridgehead atoms. The third kappa shape index (κ3) is 4.96. The van der Waals surface area contributed by atoms with Gasteiger partial charge in [0.2, 0.25) is 0 Å². The molecule has 0 aliphatic rings. The van der Waals surface area contributed by atoms with Crippen LogP contribution in [0.15, 0.2) is 12.3 Å². The molecule has 0 amide bonds. The van der Waals surface area contributed by atoms with E-state index in [0.29, 0.717) is 6.04 Å². The van der Waals surface area contributed by atoms with Crippen LogP contribution in [0.4, 0.5) is 0 Å². The quantitative estimate of drug-likeness (QED) is 0.722. The summed E-state index contributed by atoms with van der Waals surface area (Å²) in [5.41, 5.74) is 1.22. The van der Waals surface area contributed by atoms with Crippen molar-refractivity contribution in [3.63, 3.8) is 0 Å². The van der Waals surface area contributed by atoms with Gasteiger partial charge in [0.15, 0.2) is 0 Å². The van der Waals surface area contributed by atoms with Crippen molar-refractivity contribution in [2.24, 2.45) is 0 Å². The summed E-state index contributed by atoms with van der Waals surface area (Å²) in [6, 6.07) is 2.45. The average Bonchev–Trinajstić information content (AvgIpc) is 2.66. The van der Waals surface area contributed by atoms with Gasteiger partial charge in [-0.3, -0.25) is 4.68 Å². The molecule has 1 heterocycles. The van der Waals surface area contributed by atoms with E-state index in [2.05, 4.69) is 24.3 Å². The van der Waals surface area contributed by atoms with Crippen LogP contribution in [-0.2, 0) is 6.54 Å². The fourth-order valence-electron chi connectivity index (χ4n) is 1.52. The van der Waals surface area contributed by atoms with Crippen LogP contribution >= 0.6 is 12.4 Å². The fourth-order valence-corrected chi connectivity index (χ4v) is 1.52. The third-order valence-corrected chi connectivity index (χ3v) is 2.31. The number of halogens is 1. The summed E-state index contributed by atoms with van der Waals surface area (Å²) in [5.74, 6) is 0. The largest absolute Gasteiger partial charge is 0.396 e. The van der Waals surface area contributed by atoms with Gasteiger partial charge in [-0.25, -0.2) is 0 Å². The average molecular weight is 248 g/mol. The van der Waals surface area contributed by atoms with Crippen molar-refractivity contribution in [3.05, 3.63) is 18.0 Å². The van der Waals surface area contributed by atoms with E-state index in [1.165, 1.54) is 5.69 Å². The Kier molecular flexibility index (Phi) is 8.25. The second-order valence-electron chi connectivity index (χ2n) is 3.97. The molecule has 1 rings (SSSR count). The van der Waals surface area contributed by atoms with E-state index in [9.17, 15) is 0 Å². The first-order chi connectivity index (χ1) is 7.25. The highest BCUT2D eigenvalue weighted by molar-refractivity contribution is 5.85. The number of unbranched alkanes of at least 4 members (excludes halogenated alkanes) is 1. The van der Waals surface area contributed by atoms with Gasteiger partial charge in [-0.15, -0.1) is 12.4 Å². The van der Waals surface area contributed by atoms with Crippen LogP contribution < -0.4 is 5.32 Å². The molecule has 4 nitrogen and oxygen atoms in total. The molecule has 5 heteroatoms. The van der Waals surface area contributed by atoms with Crippen molar-refractivity contribution in [2.45, 2.75) is 39.3 Å². The molecule has 0 spiro atoms. The van der Waals surface area contributed by atoms with Crippen molar-refractivity contribution in [1.29, 1.82) is 0 Å². The summed E-state index contributed by atoms with van der Waals surface area (Å²) >= 11 is 0. The normalized spacial score (nSPS) is 10.5.